The largest absolute Gasteiger partial charge is 0.309 e. The van der Waals surface area contributed by atoms with Gasteiger partial charge in [-0.3, -0.25) is 0 Å². The fourth-order valence-corrected chi connectivity index (χ4v) is 8.50. The molecular weight excluding hydrogens is 567 g/mol. The van der Waals surface area contributed by atoms with E-state index in [-0.39, 0.29) is 0 Å². The van der Waals surface area contributed by atoms with Gasteiger partial charge in [-0.2, -0.15) is 0 Å². The lowest BCUT2D eigenvalue weighted by atomic mass is 9.85. The molecule has 0 unspecified atom stereocenters. The summed E-state index contributed by atoms with van der Waals surface area (Å²) < 4.78 is 2.46. The fourth-order valence-electron chi connectivity index (χ4n) is 8.50. The van der Waals surface area contributed by atoms with Crippen molar-refractivity contribution in [2.75, 3.05) is 0 Å². The maximum atomic E-state index is 2.46. The van der Waals surface area contributed by atoms with E-state index in [1.165, 1.54) is 103 Å². The molecule has 0 amide bonds. The van der Waals surface area contributed by atoms with Crippen LogP contribution in [-0.2, 0) is 0 Å². The number of fused-ring (bicyclic) bond motifs is 11. The van der Waals surface area contributed by atoms with Gasteiger partial charge in [0.1, 0.15) is 0 Å². The van der Waals surface area contributed by atoms with Crippen molar-refractivity contribution in [1.82, 2.24) is 4.57 Å². The molecule has 0 aliphatic heterocycles. The van der Waals surface area contributed by atoms with E-state index in [1.54, 1.807) is 0 Å². The first-order valence-electron chi connectivity index (χ1n) is 16.4. The normalized spacial score (nSPS) is 12.3. The first kappa shape index (κ1) is 25.1. The molecule has 0 radical (unpaired) electrons. The monoisotopic (exact) mass is 593 g/mol. The minimum Gasteiger partial charge on any atom is -0.309 e. The average molecular weight is 594 g/mol. The van der Waals surface area contributed by atoms with Crippen molar-refractivity contribution in [3.05, 3.63) is 164 Å². The molecule has 0 bridgehead atoms. The highest BCUT2D eigenvalue weighted by Gasteiger charge is 2.18. The molecule has 1 nitrogen and oxygen atoms in total. The predicted molar refractivity (Wildman–Crippen MR) is 202 cm³/mol. The van der Waals surface area contributed by atoms with Gasteiger partial charge in [0.25, 0.3) is 0 Å². The van der Waals surface area contributed by atoms with Gasteiger partial charge in [0.15, 0.2) is 0 Å². The van der Waals surface area contributed by atoms with Crippen molar-refractivity contribution in [1.29, 1.82) is 0 Å². The Kier molecular flexibility index (Phi) is 4.90. The van der Waals surface area contributed by atoms with Crippen molar-refractivity contribution < 1.29 is 0 Å². The van der Waals surface area contributed by atoms with Gasteiger partial charge in [0, 0.05) is 21.8 Å². The standard InChI is InChI=1S/C46H27N/c1-2-13-32-28(10-1)22-25-41-36-16-5-6-21-43(36)47(46(32)41)31-12-7-11-29(26-31)30-23-24-35-39-19-8-17-37-33-14-3-4-15-34(33)38-18-9-20-40(42(35)27-30)45(38)44(37)39/h1-27H. The molecule has 216 valence electrons. The Balaban J connectivity index is 1.19. The zero-order chi connectivity index (χ0) is 30.6. The van der Waals surface area contributed by atoms with Crippen LogP contribution in [0.2, 0.25) is 0 Å². The number of benzene rings is 10. The molecule has 0 aliphatic carbocycles. The summed E-state index contributed by atoms with van der Waals surface area (Å²) in [5.41, 5.74) is 6.10. The first-order valence-corrected chi connectivity index (χ1v) is 16.4. The van der Waals surface area contributed by atoms with Crippen molar-refractivity contribution in [3.8, 4) is 16.8 Å². The summed E-state index contributed by atoms with van der Waals surface area (Å²) in [5.74, 6) is 0. The van der Waals surface area contributed by atoms with Gasteiger partial charge >= 0.3 is 0 Å². The molecular formula is C46H27N. The van der Waals surface area contributed by atoms with Crippen LogP contribution in [0.4, 0.5) is 0 Å². The zero-order valence-corrected chi connectivity index (χ0v) is 25.5. The highest BCUT2D eigenvalue weighted by Crippen LogP contribution is 2.45. The third-order valence-corrected chi connectivity index (χ3v) is 10.5. The third-order valence-electron chi connectivity index (χ3n) is 10.5. The number of para-hydroxylation sites is 1. The number of hydrogen-bond acceptors (Lipinski definition) is 0. The maximum Gasteiger partial charge on any atom is 0.0619 e. The van der Waals surface area contributed by atoms with Crippen LogP contribution in [0.25, 0.3) is 103 Å². The Bertz CT molecular complexity index is 3070. The first-order chi connectivity index (χ1) is 23.3. The van der Waals surface area contributed by atoms with Gasteiger partial charge in [0.2, 0.25) is 0 Å². The van der Waals surface area contributed by atoms with Crippen LogP contribution in [0.5, 0.6) is 0 Å². The number of hydrogen-bond donors (Lipinski definition) is 0. The second-order valence-electron chi connectivity index (χ2n) is 12.8. The van der Waals surface area contributed by atoms with Gasteiger partial charge < -0.3 is 4.57 Å². The number of nitrogens with zero attached hydrogens (tertiary/aromatic N) is 1. The van der Waals surface area contributed by atoms with Crippen LogP contribution in [0.1, 0.15) is 0 Å². The smallest absolute Gasteiger partial charge is 0.0619 e. The summed E-state index contributed by atoms with van der Waals surface area (Å²) in [6.45, 7) is 0. The average Bonchev–Trinajstić information content (AvgIpc) is 3.49. The lowest BCUT2D eigenvalue weighted by molar-refractivity contribution is 1.19. The Morgan fingerprint density at radius 3 is 1.57 bits per heavy atom. The Labute approximate surface area is 270 Å². The van der Waals surface area contributed by atoms with E-state index in [4.69, 9.17) is 0 Å². The third kappa shape index (κ3) is 3.33. The van der Waals surface area contributed by atoms with Crippen LogP contribution in [-0.4, -0.2) is 4.57 Å². The van der Waals surface area contributed by atoms with E-state index in [2.05, 4.69) is 168 Å². The molecule has 1 heteroatoms. The lowest BCUT2D eigenvalue weighted by Gasteiger charge is -2.18. The van der Waals surface area contributed by atoms with Gasteiger partial charge in [-0.15, -0.1) is 0 Å². The van der Waals surface area contributed by atoms with Crippen LogP contribution in [0, 0.1) is 0 Å². The Morgan fingerprint density at radius 2 is 0.830 bits per heavy atom. The van der Waals surface area contributed by atoms with Crippen molar-refractivity contribution in [2.45, 2.75) is 0 Å². The van der Waals surface area contributed by atoms with Crippen LogP contribution in [0.15, 0.2) is 164 Å². The molecule has 0 saturated carbocycles. The van der Waals surface area contributed by atoms with Gasteiger partial charge in [0.05, 0.1) is 11.0 Å². The molecule has 1 aromatic heterocycles. The van der Waals surface area contributed by atoms with Crippen LogP contribution < -0.4 is 0 Å². The van der Waals surface area contributed by atoms with E-state index in [9.17, 15) is 0 Å². The second-order valence-corrected chi connectivity index (χ2v) is 12.8. The fraction of sp³-hybridized carbons (Fsp3) is 0. The summed E-state index contributed by atoms with van der Waals surface area (Å²) in [7, 11) is 0. The second kappa shape index (κ2) is 9.19. The molecule has 0 N–H and O–H groups in total. The highest BCUT2D eigenvalue weighted by atomic mass is 15.0. The molecule has 0 fully saturated rings. The molecule has 11 aromatic rings. The number of rotatable bonds is 2. The maximum absolute atomic E-state index is 2.46. The minimum atomic E-state index is 1.17. The van der Waals surface area contributed by atoms with E-state index >= 15 is 0 Å². The molecule has 0 aliphatic rings. The van der Waals surface area contributed by atoms with Gasteiger partial charge in [-0.05, 0) is 94.6 Å². The SMILES string of the molecule is c1cc(-c2ccc3c(c2)c2cccc4c5ccccc5c5cccc3c5c42)cc(-n2c3ccccc3c3ccc4ccccc4c32)c1. The van der Waals surface area contributed by atoms with Crippen LogP contribution in [0.3, 0.4) is 0 Å². The molecule has 1 heterocycles. The minimum absolute atomic E-state index is 1.17. The summed E-state index contributed by atoms with van der Waals surface area (Å²) in [4.78, 5) is 0. The van der Waals surface area contributed by atoms with Crippen LogP contribution >= 0.6 is 0 Å². The molecule has 47 heavy (non-hydrogen) atoms. The zero-order valence-electron chi connectivity index (χ0n) is 25.5. The molecule has 0 atom stereocenters. The summed E-state index contributed by atoms with van der Waals surface area (Å²) >= 11 is 0. The number of aromatic nitrogens is 1. The topological polar surface area (TPSA) is 4.93 Å². The van der Waals surface area contributed by atoms with Gasteiger partial charge in [-0.1, -0.05) is 140 Å². The summed E-state index contributed by atoms with van der Waals surface area (Å²) in [6, 6.07) is 60.7. The Morgan fingerprint density at radius 1 is 0.298 bits per heavy atom. The van der Waals surface area contributed by atoms with E-state index in [1.807, 2.05) is 0 Å². The van der Waals surface area contributed by atoms with Crippen molar-refractivity contribution in [2.24, 2.45) is 0 Å². The Hall–Kier alpha value is -6.18. The van der Waals surface area contributed by atoms with E-state index in [0.717, 1.165) is 0 Å². The molecule has 10 aromatic carbocycles. The van der Waals surface area contributed by atoms with Gasteiger partial charge in [-0.25, -0.2) is 0 Å². The van der Waals surface area contributed by atoms with Crippen molar-refractivity contribution >= 4 is 86.4 Å². The summed E-state index contributed by atoms with van der Waals surface area (Å²) in [6.07, 6.45) is 0. The summed E-state index contributed by atoms with van der Waals surface area (Å²) in [5, 5.41) is 18.4. The van der Waals surface area contributed by atoms with E-state index < -0.39 is 0 Å². The molecule has 11 rings (SSSR count). The predicted octanol–water partition coefficient (Wildman–Crippen LogP) is 12.8. The molecule has 0 saturated heterocycles. The van der Waals surface area contributed by atoms with E-state index in [0.29, 0.717) is 0 Å². The quantitative estimate of drug-likeness (QED) is 0.139. The van der Waals surface area contributed by atoms with Crippen molar-refractivity contribution in [3.63, 3.8) is 0 Å². The molecule has 0 spiro atoms. The highest BCUT2D eigenvalue weighted by molar-refractivity contribution is 6.40. The lowest BCUT2D eigenvalue weighted by Crippen LogP contribution is -1.95.